The lowest BCUT2D eigenvalue weighted by atomic mass is 9.83. The van der Waals surface area contributed by atoms with E-state index in [1.807, 2.05) is 159 Å². The van der Waals surface area contributed by atoms with E-state index in [0.717, 1.165) is 10.9 Å². The summed E-state index contributed by atoms with van der Waals surface area (Å²) in [7, 11) is 0. The van der Waals surface area contributed by atoms with Crippen LogP contribution in [0.3, 0.4) is 0 Å². The fraction of sp³-hybridized carbons (Fsp3) is 0.355. The summed E-state index contributed by atoms with van der Waals surface area (Å²) < 4.78 is 0. The van der Waals surface area contributed by atoms with Crippen molar-refractivity contribution in [3.05, 3.63) is 180 Å². The van der Waals surface area contributed by atoms with Crippen LogP contribution in [0.2, 0.25) is 0 Å². The first-order valence-corrected chi connectivity index (χ1v) is 26.9. The summed E-state index contributed by atoms with van der Waals surface area (Å²) in [5.41, 5.74) is 4.19. The third-order valence-electron chi connectivity index (χ3n) is 14.4. The predicted molar refractivity (Wildman–Crippen MR) is 301 cm³/mol. The van der Waals surface area contributed by atoms with Gasteiger partial charge < -0.3 is 47.1 Å². The first-order chi connectivity index (χ1) is 37.9. The van der Waals surface area contributed by atoms with Gasteiger partial charge in [-0.3, -0.25) is 33.6 Å². The number of carbonyl (C=O) groups is 8. The Bertz CT molecular complexity index is 2930. The van der Waals surface area contributed by atoms with Crippen LogP contribution in [-0.2, 0) is 44.8 Å². The Hall–Kier alpha value is -8.60. The van der Waals surface area contributed by atoms with Crippen LogP contribution in [0.1, 0.15) is 107 Å². The smallest absolute Gasteiger partial charge is 0.326 e. The highest BCUT2D eigenvalue weighted by Gasteiger charge is 2.40. The molecule has 79 heavy (non-hydrogen) atoms. The summed E-state index contributed by atoms with van der Waals surface area (Å²) in [6.45, 7) is 10.6. The molecule has 0 aliphatic heterocycles. The molecule has 0 bridgehead atoms. The molecule has 0 radical (unpaired) electrons. The molecule has 0 aliphatic carbocycles. The first-order valence-electron chi connectivity index (χ1n) is 26.9. The molecule has 17 nitrogen and oxygen atoms in total. The van der Waals surface area contributed by atoms with Crippen molar-refractivity contribution >= 4 is 58.3 Å². The number of rotatable bonds is 28. The highest BCUT2D eigenvalue weighted by Crippen LogP contribution is 2.31. The number of carbonyl (C=O) groups excluding carboxylic acids is 6. The number of carboxylic acid groups (broad SMARTS) is 2. The van der Waals surface area contributed by atoms with Gasteiger partial charge in [-0.2, -0.15) is 0 Å². The van der Waals surface area contributed by atoms with E-state index in [1.54, 1.807) is 33.9 Å². The van der Waals surface area contributed by atoms with Gasteiger partial charge in [-0.1, -0.05) is 194 Å². The molecule has 416 valence electrons. The highest BCUT2D eigenvalue weighted by atomic mass is 16.4. The zero-order valence-corrected chi connectivity index (χ0v) is 45.5. The average Bonchev–Trinajstić information content (AvgIpc) is 3.90. The van der Waals surface area contributed by atoms with Gasteiger partial charge in [0, 0.05) is 29.4 Å². The highest BCUT2D eigenvalue weighted by molar-refractivity contribution is 5.99. The van der Waals surface area contributed by atoms with Gasteiger partial charge in [-0.15, -0.1) is 0 Å². The molecule has 6 rings (SSSR count). The number of carboxylic acids is 2. The molecule has 0 saturated heterocycles. The maximum atomic E-state index is 15.2. The van der Waals surface area contributed by atoms with Gasteiger partial charge in [-0.25, -0.2) is 4.79 Å². The van der Waals surface area contributed by atoms with Crippen molar-refractivity contribution in [2.45, 2.75) is 122 Å². The molecular formula is C62H73N7O10. The number of nitrogens with one attached hydrogen (secondary N) is 7. The number of aromatic amines is 1. The maximum absolute atomic E-state index is 15.2. The van der Waals surface area contributed by atoms with Crippen LogP contribution in [0.25, 0.3) is 10.9 Å². The number of hydrogen-bond donors (Lipinski definition) is 9. The minimum absolute atomic E-state index is 0.0269. The van der Waals surface area contributed by atoms with Gasteiger partial charge in [0.15, 0.2) is 0 Å². The van der Waals surface area contributed by atoms with E-state index in [9.17, 15) is 43.8 Å². The normalized spacial score (nSPS) is 14.4. The number of aliphatic carboxylic acids is 2. The van der Waals surface area contributed by atoms with Gasteiger partial charge in [-0.05, 0) is 58.1 Å². The summed E-state index contributed by atoms with van der Waals surface area (Å²) in [5.74, 6) is -10.4. The number of para-hydroxylation sites is 1. The molecule has 0 saturated carbocycles. The van der Waals surface area contributed by atoms with Gasteiger partial charge in [0.2, 0.25) is 35.4 Å². The van der Waals surface area contributed by atoms with Crippen molar-refractivity contribution in [3.8, 4) is 0 Å². The van der Waals surface area contributed by atoms with Crippen LogP contribution in [0, 0.1) is 17.8 Å². The molecule has 0 fully saturated rings. The van der Waals surface area contributed by atoms with E-state index in [-0.39, 0.29) is 18.8 Å². The van der Waals surface area contributed by atoms with E-state index in [0.29, 0.717) is 40.7 Å². The van der Waals surface area contributed by atoms with Crippen LogP contribution in [-0.4, -0.2) is 98.8 Å². The van der Waals surface area contributed by atoms with E-state index in [4.69, 9.17) is 0 Å². The zero-order chi connectivity index (χ0) is 57.2. The van der Waals surface area contributed by atoms with Crippen LogP contribution >= 0.6 is 0 Å². The van der Waals surface area contributed by atoms with E-state index in [1.165, 1.54) is 0 Å². The van der Waals surface area contributed by atoms with Crippen molar-refractivity contribution < 1.29 is 48.6 Å². The number of aromatic nitrogens is 1. The predicted octanol–water partition coefficient (Wildman–Crippen LogP) is 6.98. The second-order valence-electron chi connectivity index (χ2n) is 20.6. The third-order valence-corrected chi connectivity index (χ3v) is 14.4. The van der Waals surface area contributed by atoms with Crippen LogP contribution in [0.15, 0.2) is 152 Å². The largest absolute Gasteiger partial charge is 0.481 e. The fourth-order valence-corrected chi connectivity index (χ4v) is 9.72. The Kier molecular flexibility index (Phi) is 21.7. The molecule has 1 heterocycles. The number of fused-ring (bicyclic) bond motifs is 1. The van der Waals surface area contributed by atoms with Crippen molar-refractivity contribution in [1.82, 2.24) is 36.9 Å². The topological polar surface area (TPSA) is 265 Å². The Balaban J connectivity index is 1.26. The third kappa shape index (κ3) is 16.2. The molecule has 9 N–H and O–H groups in total. The minimum atomic E-state index is -1.76. The van der Waals surface area contributed by atoms with Crippen LogP contribution in [0.5, 0.6) is 0 Å². The average molecular weight is 1080 g/mol. The quantitative estimate of drug-likeness (QED) is 0.0243. The first kappa shape index (κ1) is 59.6. The maximum Gasteiger partial charge on any atom is 0.326 e. The molecule has 8 atom stereocenters. The molecular weight excluding hydrogens is 1000 g/mol. The second kappa shape index (κ2) is 28.7. The number of amides is 6. The molecule has 6 amide bonds. The molecule has 0 aliphatic rings. The lowest BCUT2D eigenvalue weighted by Gasteiger charge is -2.32. The van der Waals surface area contributed by atoms with Crippen molar-refractivity contribution in [2.75, 3.05) is 0 Å². The van der Waals surface area contributed by atoms with Gasteiger partial charge in [0.05, 0.1) is 12.3 Å². The summed E-state index contributed by atoms with van der Waals surface area (Å²) in [6.07, 6.45) is 1.47. The lowest BCUT2D eigenvalue weighted by Crippen LogP contribution is -2.61. The Labute approximate surface area is 461 Å². The van der Waals surface area contributed by atoms with Gasteiger partial charge in [0.25, 0.3) is 0 Å². The Morgan fingerprint density at radius 3 is 1.34 bits per heavy atom. The number of H-pyrrole nitrogens is 1. The number of hydrogen-bond acceptors (Lipinski definition) is 8. The summed E-state index contributed by atoms with van der Waals surface area (Å²) in [6, 6.07) is 35.5. The van der Waals surface area contributed by atoms with E-state index in [2.05, 4.69) is 36.9 Å². The Morgan fingerprint density at radius 2 is 0.861 bits per heavy atom. The van der Waals surface area contributed by atoms with Gasteiger partial charge in [0.1, 0.15) is 36.3 Å². The van der Waals surface area contributed by atoms with Gasteiger partial charge >= 0.3 is 11.9 Å². The standard InChI is InChI=1S/C62H73N7O10/c1-7-38(5)53(59(75)66-49(62(78)79)34-44-36-63-46-32-22-21-31-45(44)46)68-60(76)54(39(6)8-2)67-57(73)48(35-50(70)71)64-56(72)47(33-37(3)4)65-61(77)55(51(40-23-13-9-14-24-40)41-25-15-10-16-26-41)69-58(74)52(42-27-17-11-18-28-42)43-29-19-12-20-30-43/h9-32,36-39,47-49,51-55,63H,7-8,33-35H2,1-6H3,(H,64,72)(H,65,77)(H,66,75)(H,67,73)(H,68,76)(H,69,74)(H,70,71)(H,78,79)/t38-,39-,47-,48-,49-,53-,54-,55-/m0/s1. The van der Waals surface area contributed by atoms with Crippen molar-refractivity contribution in [3.63, 3.8) is 0 Å². The SMILES string of the molecule is CC[C@H](C)[C@H](NC(=O)[C@H](CC(=O)O)NC(=O)[C@H](CC(C)C)NC(=O)[C@@H](NC(=O)C(c1ccccc1)c1ccccc1)C(c1ccccc1)c1ccccc1)C(=O)N[C@H](C(=O)N[C@@H](Cc1c[nH]c2ccccc12)C(=O)O)[C@@H](C)CC. The summed E-state index contributed by atoms with van der Waals surface area (Å²) in [5, 5.41) is 37.6. The fourth-order valence-electron chi connectivity index (χ4n) is 9.72. The van der Waals surface area contributed by atoms with E-state index < -0.39 is 114 Å². The molecule has 1 aromatic heterocycles. The Morgan fingerprint density at radius 1 is 0.456 bits per heavy atom. The molecule has 5 aromatic carbocycles. The summed E-state index contributed by atoms with van der Waals surface area (Å²) in [4.78, 5) is 116. The second-order valence-corrected chi connectivity index (χ2v) is 20.6. The van der Waals surface area contributed by atoms with Crippen molar-refractivity contribution in [1.29, 1.82) is 0 Å². The molecule has 6 aromatic rings. The molecule has 17 heteroatoms. The number of benzene rings is 5. The zero-order valence-electron chi connectivity index (χ0n) is 45.5. The molecule has 0 unspecified atom stereocenters. The van der Waals surface area contributed by atoms with Crippen molar-refractivity contribution in [2.24, 2.45) is 17.8 Å². The lowest BCUT2D eigenvalue weighted by molar-refractivity contribution is -0.142. The van der Waals surface area contributed by atoms with Crippen LogP contribution < -0.4 is 31.9 Å². The van der Waals surface area contributed by atoms with Crippen LogP contribution in [0.4, 0.5) is 0 Å². The molecule has 0 spiro atoms. The minimum Gasteiger partial charge on any atom is -0.481 e. The van der Waals surface area contributed by atoms with E-state index >= 15 is 4.79 Å². The monoisotopic (exact) mass is 1080 g/mol. The summed E-state index contributed by atoms with van der Waals surface area (Å²) >= 11 is 0.